The first kappa shape index (κ1) is 12.9. The van der Waals surface area contributed by atoms with Crippen molar-refractivity contribution < 1.29 is 0 Å². The van der Waals surface area contributed by atoms with Crippen LogP contribution in [-0.2, 0) is 13.6 Å². The summed E-state index contributed by atoms with van der Waals surface area (Å²) in [6.45, 7) is 2.46. The highest BCUT2D eigenvalue weighted by molar-refractivity contribution is 7.17. The lowest BCUT2D eigenvalue weighted by Crippen LogP contribution is -2.00. The maximum absolute atomic E-state index is 9.07. The van der Waals surface area contributed by atoms with Gasteiger partial charge in [0.25, 0.3) is 0 Å². The number of nitrogens with two attached hydrogens (primary N) is 1. The number of rotatable bonds is 3. The van der Waals surface area contributed by atoms with Gasteiger partial charge in [-0.2, -0.15) is 15.6 Å². The maximum Gasteiger partial charge on any atom is 0.131 e. The molecule has 96 valence electrons. The van der Waals surface area contributed by atoms with Gasteiger partial charge in [0.15, 0.2) is 0 Å². The van der Waals surface area contributed by atoms with Crippen molar-refractivity contribution in [2.45, 2.75) is 13.5 Å². The molecule has 0 atom stereocenters. The fraction of sp³-hybridized carbons (Fsp3) is 0.250. The van der Waals surface area contributed by atoms with Crippen LogP contribution in [0, 0.1) is 29.6 Å². The summed E-state index contributed by atoms with van der Waals surface area (Å²) < 4.78 is 1.74. The Hall–Kier alpha value is -2.51. The second-order valence-electron chi connectivity index (χ2n) is 4.04. The number of hydrogen-bond donors (Lipinski definition) is 2. The van der Waals surface area contributed by atoms with Crippen molar-refractivity contribution in [3.63, 3.8) is 0 Å². The summed E-state index contributed by atoms with van der Waals surface area (Å²) in [5, 5.41) is 26.0. The summed E-state index contributed by atoms with van der Waals surface area (Å²) in [4.78, 5) is 0.363. The summed E-state index contributed by atoms with van der Waals surface area (Å²) in [5.74, 6) is 0. The van der Waals surface area contributed by atoms with Gasteiger partial charge in [0.2, 0.25) is 0 Å². The molecule has 2 heterocycles. The number of aryl methyl sites for hydroxylation is 2. The molecular weight excluding hydrogens is 260 g/mol. The molecule has 2 aromatic rings. The normalized spacial score (nSPS) is 9.89. The summed E-state index contributed by atoms with van der Waals surface area (Å²) in [6.07, 6.45) is 1.91. The zero-order valence-corrected chi connectivity index (χ0v) is 11.4. The van der Waals surface area contributed by atoms with E-state index in [1.165, 1.54) is 11.3 Å². The number of nitrogens with zero attached hydrogens (tertiary/aromatic N) is 4. The minimum Gasteiger partial charge on any atom is -0.396 e. The molecule has 2 rings (SSSR count). The van der Waals surface area contributed by atoms with E-state index < -0.39 is 0 Å². The molecule has 0 saturated heterocycles. The summed E-state index contributed by atoms with van der Waals surface area (Å²) in [5.41, 5.74) is 8.29. The highest BCUT2D eigenvalue weighted by atomic mass is 32.1. The Bertz CT molecular complexity index is 697. The number of thiophene rings is 1. The van der Waals surface area contributed by atoms with Gasteiger partial charge < -0.3 is 11.1 Å². The molecule has 0 spiro atoms. The average molecular weight is 272 g/mol. The Morgan fingerprint density at radius 2 is 2.21 bits per heavy atom. The smallest absolute Gasteiger partial charge is 0.131 e. The first-order valence-electron chi connectivity index (χ1n) is 5.52. The van der Waals surface area contributed by atoms with Crippen LogP contribution in [0.25, 0.3) is 0 Å². The van der Waals surface area contributed by atoms with Crippen molar-refractivity contribution in [3.8, 4) is 12.1 Å². The summed E-state index contributed by atoms with van der Waals surface area (Å²) >= 11 is 1.20. The highest BCUT2D eigenvalue weighted by Gasteiger charge is 2.15. The van der Waals surface area contributed by atoms with Crippen LogP contribution in [0.4, 0.5) is 10.7 Å². The average Bonchev–Trinajstić information content (AvgIpc) is 2.86. The van der Waals surface area contributed by atoms with E-state index in [1.807, 2.05) is 32.3 Å². The molecule has 0 fully saturated rings. The Morgan fingerprint density at radius 3 is 2.74 bits per heavy atom. The van der Waals surface area contributed by atoms with Crippen LogP contribution in [0.15, 0.2) is 6.20 Å². The van der Waals surface area contributed by atoms with Crippen LogP contribution in [0.1, 0.15) is 21.7 Å². The van der Waals surface area contributed by atoms with E-state index >= 15 is 0 Å². The Kier molecular flexibility index (Phi) is 3.41. The van der Waals surface area contributed by atoms with Gasteiger partial charge in [0.05, 0.1) is 11.4 Å². The third-order valence-corrected chi connectivity index (χ3v) is 3.78. The van der Waals surface area contributed by atoms with E-state index in [4.69, 9.17) is 16.3 Å². The van der Waals surface area contributed by atoms with Crippen molar-refractivity contribution in [1.82, 2.24) is 9.78 Å². The number of nitrogens with one attached hydrogen (secondary N) is 1. The Morgan fingerprint density at radius 1 is 1.47 bits per heavy atom. The number of aromatic nitrogens is 2. The van der Waals surface area contributed by atoms with Gasteiger partial charge in [-0.3, -0.25) is 4.68 Å². The van der Waals surface area contributed by atoms with E-state index in [0.717, 1.165) is 11.3 Å². The predicted octanol–water partition coefficient (Wildman–Crippen LogP) is 1.73. The lowest BCUT2D eigenvalue weighted by atomic mass is 10.2. The molecular formula is C12H12N6S. The second kappa shape index (κ2) is 5.01. The van der Waals surface area contributed by atoms with Crippen molar-refractivity contribution in [3.05, 3.63) is 27.9 Å². The fourth-order valence-corrected chi connectivity index (χ4v) is 2.62. The first-order chi connectivity index (χ1) is 9.06. The Labute approximate surface area is 114 Å². The number of nitriles is 2. The van der Waals surface area contributed by atoms with Crippen molar-refractivity contribution in [1.29, 1.82) is 10.5 Å². The van der Waals surface area contributed by atoms with E-state index in [-0.39, 0.29) is 5.69 Å². The van der Waals surface area contributed by atoms with E-state index in [0.29, 0.717) is 22.0 Å². The third-order valence-electron chi connectivity index (χ3n) is 2.71. The zero-order chi connectivity index (χ0) is 14.0. The predicted molar refractivity (Wildman–Crippen MR) is 73.4 cm³/mol. The number of anilines is 2. The van der Waals surface area contributed by atoms with E-state index in [1.54, 1.807) is 4.68 Å². The van der Waals surface area contributed by atoms with Crippen LogP contribution < -0.4 is 11.1 Å². The minimum absolute atomic E-state index is 0.250. The van der Waals surface area contributed by atoms with Crippen LogP contribution in [-0.4, -0.2) is 9.78 Å². The topological polar surface area (TPSA) is 103 Å². The van der Waals surface area contributed by atoms with Gasteiger partial charge in [-0.25, -0.2) is 0 Å². The van der Waals surface area contributed by atoms with E-state index in [2.05, 4.69) is 10.4 Å². The molecule has 0 aliphatic carbocycles. The van der Waals surface area contributed by atoms with E-state index in [9.17, 15) is 0 Å². The van der Waals surface area contributed by atoms with Gasteiger partial charge in [0, 0.05) is 25.4 Å². The van der Waals surface area contributed by atoms with Crippen molar-refractivity contribution in [2.24, 2.45) is 7.05 Å². The Balaban J connectivity index is 2.23. The van der Waals surface area contributed by atoms with Crippen LogP contribution >= 0.6 is 11.3 Å². The molecule has 0 bridgehead atoms. The molecule has 0 unspecified atom stereocenters. The molecule has 19 heavy (non-hydrogen) atoms. The largest absolute Gasteiger partial charge is 0.396 e. The minimum atomic E-state index is 0.250. The maximum atomic E-state index is 9.07. The lowest BCUT2D eigenvalue weighted by molar-refractivity contribution is 0.756. The van der Waals surface area contributed by atoms with Crippen molar-refractivity contribution >= 4 is 22.0 Å². The highest BCUT2D eigenvalue weighted by Crippen LogP contribution is 2.34. The van der Waals surface area contributed by atoms with Crippen LogP contribution in [0.5, 0.6) is 0 Å². The monoisotopic (exact) mass is 272 g/mol. The summed E-state index contributed by atoms with van der Waals surface area (Å²) in [6, 6.07) is 4.02. The quantitative estimate of drug-likeness (QED) is 0.885. The van der Waals surface area contributed by atoms with Gasteiger partial charge in [-0.15, -0.1) is 11.3 Å². The molecule has 0 aliphatic rings. The first-order valence-corrected chi connectivity index (χ1v) is 6.34. The third kappa shape index (κ3) is 2.37. The van der Waals surface area contributed by atoms with Gasteiger partial charge in [0.1, 0.15) is 27.6 Å². The fourth-order valence-electron chi connectivity index (χ4n) is 1.76. The number of nitrogen functional groups attached to an aromatic ring is 1. The van der Waals surface area contributed by atoms with Gasteiger partial charge in [-0.05, 0) is 6.92 Å². The number of hydrogen-bond acceptors (Lipinski definition) is 6. The molecule has 0 saturated carbocycles. The molecule has 0 aliphatic heterocycles. The molecule has 2 aromatic heterocycles. The molecule has 6 nitrogen and oxygen atoms in total. The van der Waals surface area contributed by atoms with Crippen LogP contribution in [0.3, 0.4) is 0 Å². The SMILES string of the molecule is Cc1nn(C)cc1CNc1sc(C#N)c(N)c1C#N. The van der Waals surface area contributed by atoms with Crippen molar-refractivity contribution in [2.75, 3.05) is 11.1 Å². The molecule has 0 radical (unpaired) electrons. The molecule has 7 heteroatoms. The molecule has 0 aromatic carbocycles. The lowest BCUT2D eigenvalue weighted by Gasteiger charge is -2.02. The zero-order valence-electron chi connectivity index (χ0n) is 10.6. The molecule has 0 amide bonds. The standard InChI is InChI=1S/C12H12N6S/c1-7-8(6-18(2)17-7)5-16-12-9(3-13)11(15)10(4-14)19-12/h6,16H,5,15H2,1-2H3. The summed E-state index contributed by atoms with van der Waals surface area (Å²) in [7, 11) is 1.86. The molecule has 3 N–H and O–H groups in total. The second-order valence-corrected chi connectivity index (χ2v) is 5.06. The van der Waals surface area contributed by atoms with Gasteiger partial charge >= 0.3 is 0 Å². The van der Waals surface area contributed by atoms with Crippen LogP contribution in [0.2, 0.25) is 0 Å². The van der Waals surface area contributed by atoms with Gasteiger partial charge in [-0.1, -0.05) is 0 Å².